The highest BCUT2D eigenvalue weighted by molar-refractivity contribution is 5.96. The summed E-state index contributed by atoms with van der Waals surface area (Å²) in [6.07, 6.45) is 7.07. The van der Waals surface area contributed by atoms with Crippen molar-refractivity contribution in [3.8, 4) is 0 Å². The van der Waals surface area contributed by atoms with Gasteiger partial charge in [0.1, 0.15) is 17.3 Å². The van der Waals surface area contributed by atoms with Crippen LogP contribution in [0.4, 0.5) is 0 Å². The smallest absolute Gasteiger partial charge is 0.139 e. The first-order valence-corrected chi connectivity index (χ1v) is 8.63. The van der Waals surface area contributed by atoms with E-state index in [0.717, 1.165) is 19.3 Å². The molecule has 3 heteroatoms. The first kappa shape index (κ1) is 14.3. The molecule has 118 valence electrons. The Morgan fingerprint density at radius 2 is 1.86 bits per heavy atom. The molecule has 5 atom stereocenters. The first-order valence-electron chi connectivity index (χ1n) is 8.63. The van der Waals surface area contributed by atoms with Crippen molar-refractivity contribution >= 4 is 17.3 Å². The second-order valence-corrected chi connectivity index (χ2v) is 8.37. The van der Waals surface area contributed by atoms with Crippen LogP contribution in [0.1, 0.15) is 58.8 Å². The number of hydrogen-bond donors (Lipinski definition) is 0. The summed E-state index contributed by atoms with van der Waals surface area (Å²) >= 11 is 0. The largest absolute Gasteiger partial charge is 0.299 e. The lowest BCUT2D eigenvalue weighted by Gasteiger charge is -2.54. The summed E-state index contributed by atoms with van der Waals surface area (Å²) < 4.78 is 0. The van der Waals surface area contributed by atoms with Crippen LogP contribution in [-0.4, -0.2) is 17.3 Å². The Hall–Kier alpha value is -1.25. The number of carbonyl (C=O) groups excluding carboxylic acids is 3. The van der Waals surface area contributed by atoms with Gasteiger partial charge in [-0.2, -0.15) is 0 Å². The van der Waals surface area contributed by atoms with Crippen LogP contribution >= 0.6 is 0 Å². The van der Waals surface area contributed by atoms with E-state index in [0.29, 0.717) is 49.1 Å². The second-order valence-electron chi connectivity index (χ2n) is 8.37. The van der Waals surface area contributed by atoms with Crippen molar-refractivity contribution in [2.45, 2.75) is 58.8 Å². The van der Waals surface area contributed by atoms with E-state index in [1.165, 1.54) is 5.57 Å². The van der Waals surface area contributed by atoms with Crippen molar-refractivity contribution in [3.63, 3.8) is 0 Å². The summed E-state index contributed by atoms with van der Waals surface area (Å²) in [4.78, 5) is 37.2. The van der Waals surface area contributed by atoms with E-state index >= 15 is 0 Å². The molecule has 0 aromatic heterocycles. The number of rotatable bonds is 0. The van der Waals surface area contributed by atoms with Crippen LogP contribution in [-0.2, 0) is 14.4 Å². The highest BCUT2D eigenvalue weighted by Crippen LogP contribution is 2.62. The van der Waals surface area contributed by atoms with Gasteiger partial charge in [-0.25, -0.2) is 0 Å². The minimum Gasteiger partial charge on any atom is -0.299 e. The van der Waals surface area contributed by atoms with Gasteiger partial charge in [0.25, 0.3) is 0 Å². The lowest BCUT2D eigenvalue weighted by molar-refractivity contribution is -0.149. The van der Waals surface area contributed by atoms with Crippen molar-refractivity contribution in [2.24, 2.45) is 28.6 Å². The average Bonchev–Trinajstić information content (AvgIpc) is 2.75. The van der Waals surface area contributed by atoms with Crippen molar-refractivity contribution in [1.82, 2.24) is 0 Å². The lowest BCUT2D eigenvalue weighted by atomic mass is 9.47. The molecule has 3 saturated carbocycles. The molecule has 4 aliphatic rings. The van der Waals surface area contributed by atoms with Crippen molar-refractivity contribution in [1.29, 1.82) is 0 Å². The van der Waals surface area contributed by atoms with E-state index in [4.69, 9.17) is 0 Å². The molecule has 0 radical (unpaired) electrons. The number of allylic oxidation sites excluding steroid dienone is 2. The van der Waals surface area contributed by atoms with Gasteiger partial charge < -0.3 is 0 Å². The highest BCUT2D eigenvalue weighted by atomic mass is 16.1. The fraction of sp³-hybridized carbons (Fsp3) is 0.737. The maximum Gasteiger partial charge on any atom is 0.139 e. The molecule has 22 heavy (non-hydrogen) atoms. The van der Waals surface area contributed by atoms with Gasteiger partial charge in [0.15, 0.2) is 0 Å². The molecule has 3 nitrogen and oxygen atoms in total. The van der Waals surface area contributed by atoms with E-state index < -0.39 is 5.41 Å². The minimum atomic E-state index is -0.412. The molecule has 0 heterocycles. The van der Waals surface area contributed by atoms with E-state index in [9.17, 15) is 14.4 Å². The molecule has 4 rings (SSSR count). The highest BCUT2D eigenvalue weighted by Gasteiger charge is 2.61. The van der Waals surface area contributed by atoms with Gasteiger partial charge in [0.2, 0.25) is 0 Å². The molecule has 3 fully saturated rings. The van der Waals surface area contributed by atoms with Gasteiger partial charge >= 0.3 is 0 Å². The Bertz CT molecular complexity index is 616. The maximum absolute atomic E-state index is 13.0. The quantitative estimate of drug-likeness (QED) is 0.645. The molecule has 0 spiro atoms. The summed E-state index contributed by atoms with van der Waals surface area (Å²) in [7, 11) is 0. The average molecular weight is 300 g/mol. The minimum absolute atomic E-state index is 0.0320. The third-order valence-corrected chi connectivity index (χ3v) is 7.34. The van der Waals surface area contributed by atoms with Crippen LogP contribution in [0.3, 0.4) is 0 Å². The topological polar surface area (TPSA) is 51.2 Å². The normalized spacial score (nSPS) is 47.6. The van der Waals surface area contributed by atoms with E-state index in [1.807, 2.05) is 6.92 Å². The predicted molar refractivity (Wildman–Crippen MR) is 82.1 cm³/mol. The number of Topliss-reactive ketones (excluding diaryl/α,β-unsaturated/α-hetero) is 3. The molecular formula is C19H24O3. The maximum atomic E-state index is 13.0. The van der Waals surface area contributed by atoms with E-state index in [-0.39, 0.29) is 17.1 Å². The molecule has 0 aromatic rings. The summed E-state index contributed by atoms with van der Waals surface area (Å²) in [6, 6.07) is 0. The van der Waals surface area contributed by atoms with Gasteiger partial charge in [0, 0.05) is 37.0 Å². The van der Waals surface area contributed by atoms with Crippen LogP contribution in [0.2, 0.25) is 0 Å². The van der Waals surface area contributed by atoms with Crippen LogP contribution in [0.15, 0.2) is 11.6 Å². The second kappa shape index (κ2) is 4.39. The SMILES string of the molecule is C[C@]12CCC(=O)CC1=CC[C@@H]1[C@@H]2C(=O)C[C@]2(C)C(=O)CC[C@@H]12. The van der Waals surface area contributed by atoms with Crippen LogP contribution in [0, 0.1) is 28.6 Å². The van der Waals surface area contributed by atoms with Crippen LogP contribution < -0.4 is 0 Å². The Labute approximate surface area is 131 Å². The summed E-state index contributed by atoms with van der Waals surface area (Å²) in [5, 5.41) is 0. The van der Waals surface area contributed by atoms with Gasteiger partial charge in [-0.3, -0.25) is 14.4 Å². The van der Waals surface area contributed by atoms with Crippen LogP contribution in [0.5, 0.6) is 0 Å². The first-order chi connectivity index (χ1) is 10.4. The molecule has 0 unspecified atom stereocenters. The monoisotopic (exact) mass is 300 g/mol. The molecule has 4 aliphatic carbocycles. The van der Waals surface area contributed by atoms with E-state index in [1.54, 1.807) is 0 Å². The fourth-order valence-electron chi connectivity index (χ4n) is 6.09. The number of carbonyl (C=O) groups is 3. The molecule has 0 amide bonds. The van der Waals surface area contributed by atoms with Gasteiger partial charge in [-0.15, -0.1) is 0 Å². The molecule has 0 saturated heterocycles. The summed E-state index contributed by atoms with van der Waals surface area (Å²) in [5.74, 6) is 1.58. The zero-order chi connectivity index (χ0) is 15.7. The number of fused-ring (bicyclic) bond motifs is 5. The van der Waals surface area contributed by atoms with Gasteiger partial charge in [0.05, 0.1) is 0 Å². The Kier molecular flexibility index (Phi) is 2.87. The van der Waals surface area contributed by atoms with Crippen LogP contribution in [0.25, 0.3) is 0 Å². The van der Waals surface area contributed by atoms with Crippen molar-refractivity contribution in [3.05, 3.63) is 11.6 Å². The third-order valence-electron chi connectivity index (χ3n) is 7.34. The zero-order valence-electron chi connectivity index (χ0n) is 13.5. The van der Waals surface area contributed by atoms with E-state index in [2.05, 4.69) is 13.0 Å². The molecule has 0 N–H and O–H groups in total. The van der Waals surface area contributed by atoms with Crippen molar-refractivity contribution < 1.29 is 14.4 Å². The molecule has 0 aliphatic heterocycles. The molecule has 0 bridgehead atoms. The number of ketones is 3. The van der Waals surface area contributed by atoms with Crippen molar-refractivity contribution in [2.75, 3.05) is 0 Å². The van der Waals surface area contributed by atoms with Gasteiger partial charge in [-0.05, 0) is 36.5 Å². The molecule has 0 aromatic carbocycles. The Morgan fingerprint density at radius 1 is 1.09 bits per heavy atom. The third kappa shape index (κ3) is 1.65. The molecular weight excluding hydrogens is 276 g/mol. The fourth-order valence-corrected chi connectivity index (χ4v) is 6.09. The number of hydrogen-bond acceptors (Lipinski definition) is 3. The zero-order valence-corrected chi connectivity index (χ0v) is 13.5. The summed E-state index contributed by atoms with van der Waals surface area (Å²) in [6.45, 7) is 4.21. The Balaban J connectivity index is 1.77. The Morgan fingerprint density at radius 3 is 2.64 bits per heavy atom. The predicted octanol–water partition coefficient (Wildman–Crippen LogP) is 3.27. The standard InChI is InChI=1S/C19H24O3/c1-18-8-7-12(20)9-11(18)3-4-13-14-5-6-16(22)19(14,2)10-15(21)17(13)18/h3,13-14,17H,4-10H2,1-2H3/t13-,14-,17+,18-,19-/m0/s1. The van der Waals surface area contributed by atoms with Gasteiger partial charge in [-0.1, -0.05) is 25.5 Å². The lowest BCUT2D eigenvalue weighted by Crippen LogP contribution is -2.54. The summed E-state index contributed by atoms with van der Waals surface area (Å²) in [5.41, 5.74) is 0.650.